The van der Waals surface area contributed by atoms with Crippen molar-refractivity contribution in [3.63, 3.8) is 0 Å². The molecule has 1 unspecified atom stereocenters. The van der Waals surface area contributed by atoms with Crippen LogP contribution in [0.3, 0.4) is 0 Å². The van der Waals surface area contributed by atoms with Crippen LogP contribution in [0.5, 0.6) is 0 Å². The first-order valence-electron chi connectivity index (χ1n) is 9.86. The Hall–Kier alpha value is -0.870. The fourth-order valence-corrected chi connectivity index (χ4v) is 5.10. The number of methoxy groups -OCH3 is 1. The molecule has 4 nitrogen and oxygen atoms in total. The van der Waals surface area contributed by atoms with E-state index in [1.165, 1.54) is 45.2 Å². The number of hydrogen-bond acceptors (Lipinski definition) is 3. The molecule has 3 fully saturated rings. The number of hydrogen-bond donors (Lipinski definition) is 0. The SMILES string of the molecule is COCC1CC2(CCN(C(=O)C3CC=CC3)CC2)CN1CC1CC1. The number of rotatable bonds is 5. The molecule has 0 N–H and O–H groups in total. The van der Waals surface area contributed by atoms with Gasteiger partial charge in [0.2, 0.25) is 5.91 Å². The Morgan fingerprint density at radius 2 is 1.92 bits per heavy atom. The lowest BCUT2D eigenvalue weighted by Gasteiger charge is -2.40. The number of amides is 1. The summed E-state index contributed by atoms with van der Waals surface area (Å²) in [5, 5.41) is 0. The average molecular weight is 332 g/mol. The molecule has 4 heteroatoms. The molecule has 134 valence electrons. The lowest BCUT2D eigenvalue weighted by Crippen LogP contribution is -2.46. The molecule has 0 radical (unpaired) electrons. The summed E-state index contributed by atoms with van der Waals surface area (Å²) < 4.78 is 5.51. The van der Waals surface area contributed by atoms with E-state index in [1.54, 1.807) is 0 Å². The Morgan fingerprint density at radius 3 is 2.54 bits per heavy atom. The van der Waals surface area contributed by atoms with Crippen LogP contribution in [-0.2, 0) is 9.53 Å². The molecule has 0 aromatic rings. The molecule has 0 aromatic carbocycles. The van der Waals surface area contributed by atoms with E-state index in [0.717, 1.165) is 38.5 Å². The maximum absolute atomic E-state index is 12.6. The van der Waals surface area contributed by atoms with Gasteiger partial charge in [-0.25, -0.2) is 0 Å². The van der Waals surface area contributed by atoms with Crippen molar-refractivity contribution in [1.82, 2.24) is 9.80 Å². The van der Waals surface area contributed by atoms with E-state index < -0.39 is 0 Å². The Kier molecular flexibility index (Phi) is 4.70. The van der Waals surface area contributed by atoms with Crippen LogP contribution >= 0.6 is 0 Å². The van der Waals surface area contributed by atoms with Crippen LogP contribution in [0.2, 0.25) is 0 Å². The third kappa shape index (κ3) is 3.41. The lowest BCUT2D eigenvalue weighted by atomic mass is 9.76. The summed E-state index contributed by atoms with van der Waals surface area (Å²) in [5.74, 6) is 1.57. The summed E-state index contributed by atoms with van der Waals surface area (Å²) in [6, 6.07) is 0.594. The van der Waals surface area contributed by atoms with Crippen molar-refractivity contribution < 1.29 is 9.53 Å². The molecular weight excluding hydrogens is 300 g/mol. The highest BCUT2D eigenvalue weighted by Crippen LogP contribution is 2.45. The number of carbonyl (C=O) groups is 1. The van der Waals surface area contributed by atoms with E-state index in [2.05, 4.69) is 22.0 Å². The van der Waals surface area contributed by atoms with Crippen molar-refractivity contribution in [3.05, 3.63) is 12.2 Å². The van der Waals surface area contributed by atoms with E-state index in [9.17, 15) is 4.79 Å². The molecule has 4 rings (SSSR count). The molecule has 1 saturated carbocycles. The number of piperidine rings is 1. The summed E-state index contributed by atoms with van der Waals surface area (Å²) in [5.41, 5.74) is 0.433. The molecule has 0 aromatic heterocycles. The zero-order valence-corrected chi connectivity index (χ0v) is 15.1. The van der Waals surface area contributed by atoms with E-state index in [4.69, 9.17) is 4.74 Å². The van der Waals surface area contributed by atoms with Crippen molar-refractivity contribution >= 4 is 5.91 Å². The maximum Gasteiger partial charge on any atom is 0.226 e. The first-order valence-corrected chi connectivity index (χ1v) is 9.86. The lowest BCUT2D eigenvalue weighted by molar-refractivity contribution is -0.137. The van der Waals surface area contributed by atoms with Gasteiger partial charge < -0.3 is 9.64 Å². The van der Waals surface area contributed by atoms with Crippen molar-refractivity contribution in [3.8, 4) is 0 Å². The number of likely N-dealkylation sites (tertiary alicyclic amines) is 2. The molecule has 1 atom stereocenters. The molecule has 0 bridgehead atoms. The Morgan fingerprint density at radius 1 is 1.21 bits per heavy atom. The molecule has 1 amide bonds. The molecular formula is C20H32N2O2. The molecule has 2 aliphatic heterocycles. The molecule has 24 heavy (non-hydrogen) atoms. The van der Waals surface area contributed by atoms with Crippen molar-refractivity contribution in [2.45, 2.75) is 51.0 Å². The van der Waals surface area contributed by atoms with Crippen molar-refractivity contribution in [2.24, 2.45) is 17.3 Å². The van der Waals surface area contributed by atoms with Gasteiger partial charge in [-0.15, -0.1) is 0 Å². The minimum Gasteiger partial charge on any atom is -0.383 e. The molecule has 2 saturated heterocycles. The topological polar surface area (TPSA) is 32.8 Å². The Labute approximate surface area is 146 Å². The Bertz CT molecular complexity index is 484. The van der Waals surface area contributed by atoms with Gasteiger partial charge in [0, 0.05) is 45.2 Å². The summed E-state index contributed by atoms with van der Waals surface area (Å²) in [6.07, 6.45) is 12.7. The van der Waals surface area contributed by atoms with Crippen LogP contribution in [0.15, 0.2) is 12.2 Å². The van der Waals surface area contributed by atoms with Gasteiger partial charge in [0.25, 0.3) is 0 Å². The standard InChI is InChI=1S/C20H32N2O2/c1-24-14-18-12-20(15-22(18)13-16-6-7-16)8-10-21(11-9-20)19(23)17-4-2-3-5-17/h2-3,16-18H,4-15H2,1H3. The minimum absolute atomic E-state index is 0.232. The van der Waals surface area contributed by atoms with Crippen LogP contribution in [-0.4, -0.2) is 61.6 Å². The quantitative estimate of drug-likeness (QED) is 0.726. The first kappa shape index (κ1) is 16.6. The van der Waals surface area contributed by atoms with Gasteiger partial charge in [0.1, 0.15) is 0 Å². The molecule has 2 aliphatic carbocycles. The number of allylic oxidation sites excluding steroid dienone is 2. The van der Waals surface area contributed by atoms with E-state index in [1.807, 2.05) is 7.11 Å². The monoisotopic (exact) mass is 332 g/mol. The third-order valence-electron chi connectivity index (χ3n) is 6.77. The van der Waals surface area contributed by atoms with Crippen molar-refractivity contribution in [1.29, 1.82) is 0 Å². The molecule has 1 spiro atoms. The fraction of sp³-hybridized carbons (Fsp3) is 0.850. The van der Waals surface area contributed by atoms with Gasteiger partial charge >= 0.3 is 0 Å². The molecule has 2 heterocycles. The van der Waals surface area contributed by atoms with Crippen LogP contribution in [0, 0.1) is 17.3 Å². The normalized spacial score (nSPS) is 30.5. The second-order valence-corrected chi connectivity index (χ2v) is 8.65. The van der Waals surface area contributed by atoms with E-state index in [0.29, 0.717) is 17.4 Å². The second kappa shape index (κ2) is 6.80. The average Bonchev–Trinajstić information content (AvgIpc) is 3.11. The van der Waals surface area contributed by atoms with E-state index in [-0.39, 0.29) is 5.92 Å². The highest BCUT2D eigenvalue weighted by molar-refractivity contribution is 5.79. The second-order valence-electron chi connectivity index (χ2n) is 8.65. The number of ether oxygens (including phenoxy) is 1. The predicted octanol–water partition coefficient (Wildman–Crippen LogP) is 2.69. The highest BCUT2D eigenvalue weighted by atomic mass is 16.5. The summed E-state index contributed by atoms with van der Waals surface area (Å²) >= 11 is 0. The Balaban J connectivity index is 1.34. The van der Waals surface area contributed by atoms with Gasteiger partial charge in [0.15, 0.2) is 0 Å². The van der Waals surface area contributed by atoms with Gasteiger partial charge in [0.05, 0.1) is 6.61 Å². The van der Waals surface area contributed by atoms with Crippen molar-refractivity contribution in [2.75, 3.05) is 39.9 Å². The van der Waals surface area contributed by atoms with Gasteiger partial charge in [-0.1, -0.05) is 12.2 Å². The van der Waals surface area contributed by atoms with Crippen LogP contribution in [0.25, 0.3) is 0 Å². The predicted molar refractivity (Wildman–Crippen MR) is 94.7 cm³/mol. The zero-order valence-electron chi connectivity index (χ0n) is 15.1. The third-order valence-corrected chi connectivity index (χ3v) is 6.77. The van der Waals surface area contributed by atoms with Gasteiger partial charge in [-0.2, -0.15) is 0 Å². The number of carbonyl (C=O) groups excluding carboxylic acids is 1. The van der Waals surface area contributed by atoms with Crippen LogP contribution in [0.1, 0.15) is 44.9 Å². The summed E-state index contributed by atoms with van der Waals surface area (Å²) in [4.78, 5) is 17.5. The minimum atomic E-state index is 0.232. The van der Waals surface area contributed by atoms with Gasteiger partial charge in [-0.3, -0.25) is 9.69 Å². The fourth-order valence-electron chi connectivity index (χ4n) is 5.10. The van der Waals surface area contributed by atoms with Crippen LogP contribution in [0.4, 0.5) is 0 Å². The first-order chi connectivity index (χ1) is 11.7. The smallest absolute Gasteiger partial charge is 0.226 e. The largest absolute Gasteiger partial charge is 0.383 e. The van der Waals surface area contributed by atoms with Gasteiger partial charge in [-0.05, 0) is 56.3 Å². The van der Waals surface area contributed by atoms with E-state index >= 15 is 0 Å². The van der Waals surface area contributed by atoms with Crippen LogP contribution < -0.4 is 0 Å². The summed E-state index contributed by atoms with van der Waals surface area (Å²) in [7, 11) is 1.83. The highest BCUT2D eigenvalue weighted by Gasteiger charge is 2.47. The number of nitrogens with zero attached hydrogens (tertiary/aromatic N) is 2. The maximum atomic E-state index is 12.6. The zero-order chi connectivity index (χ0) is 16.6. The summed E-state index contributed by atoms with van der Waals surface area (Å²) in [6.45, 7) is 5.29. The molecule has 4 aliphatic rings.